The van der Waals surface area contributed by atoms with Crippen LogP contribution in [0.5, 0.6) is 0 Å². The van der Waals surface area contributed by atoms with E-state index >= 15 is 0 Å². The average molecular weight is 191 g/mol. The van der Waals surface area contributed by atoms with Gasteiger partial charge in [0.25, 0.3) is 0 Å². The van der Waals surface area contributed by atoms with Crippen molar-refractivity contribution in [3.8, 4) is 0 Å². The summed E-state index contributed by atoms with van der Waals surface area (Å²) in [4.78, 5) is 10.8. The van der Waals surface area contributed by atoms with Gasteiger partial charge in [0.1, 0.15) is 12.0 Å². The van der Waals surface area contributed by atoms with Crippen LogP contribution in [-0.2, 0) is 4.79 Å². The van der Waals surface area contributed by atoms with Crippen molar-refractivity contribution in [1.82, 2.24) is 5.32 Å². The minimum absolute atomic E-state index is 0.0162. The molecule has 0 amide bonds. The number of rotatable bonds is 6. The predicted molar refractivity (Wildman–Crippen MR) is 52.3 cm³/mol. The maximum absolute atomic E-state index is 10.8. The van der Waals surface area contributed by atoms with Crippen LogP contribution >= 0.6 is 11.8 Å². The first-order valence-electron chi connectivity index (χ1n) is 4.08. The number of aliphatic hydroxyl groups excluding tert-OH is 1. The standard InChI is InChI=1S/C8H17NO2S/c1-4-12-7(5-6(2)10)8(11)9-3/h7-9,11H,4-5H2,1-3H3. The van der Waals surface area contributed by atoms with E-state index in [0.717, 1.165) is 5.75 Å². The van der Waals surface area contributed by atoms with E-state index in [1.807, 2.05) is 6.92 Å². The second-order valence-corrected chi connectivity index (χ2v) is 4.15. The van der Waals surface area contributed by atoms with E-state index in [1.54, 1.807) is 25.7 Å². The smallest absolute Gasteiger partial charge is 0.131 e. The molecule has 0 spiro atoms. The van der Waals surface area contributed by atoms with E-state index in [1.165, 1.54) is 0 Å². The number of carbonyl (C=O) groups excluding carboxylic acids is 1. The van der Waals surface area contributed by atoms with E-state index in [-0.39, 0.29) is 11.0 Å². The van der Waals surface area contributed by atoms with Gasteiger partial charge in [-0.05, 0) is 19.7 Å². The van der Waals surface area contributed by atoms with E-state index in [0.29, 0.717) is 6.42 Å². The molecule has 0 aliphatic heterocycles. The zero-order valence-electron chi connectivity index (χ0n) is 7.83. The van der Waals surface area contributed by atoms with Crippen molar-refractivity contribution >= 4 is 17.5 Å². The second kappa shape index (κ2) is 6.46. The zero-order chi connectivity index (χ0) is 9.56. The third-order valence-corrected chi connectivity index (χ3v) is 2.70. The van der Waals surface area contributed by atoms with E-state index in [4.69, 9.17) is 0 Å². The van der Waals surface area contributed by atoms with Gasteiger partial charge >= 0.3 is 0 Å². The molecule has 0 aliphatic rings. The Morgan fingerprint density at radius 3 is 2.58 bits per heavy atom. The number of Topliss-reactive ketones (excluding diaryl/α,β-unsaturated/α-hetero) is 1. The summed E-state index contributed by atoms with van der Waals surface area (Å²) >= 11 is 1.60. The number of thioether (sulfide) groups is 1. The summed E-state index contributed by atoms with van der Waals surface area (Å²) in [6.07, 6.45) is -0.153. The lowest BCUT2D eigenvalue weighted by atomic mass is 10.2. The number of hydrogen-bond acceptors (Lipinski definition) is 4. The lowest BCUT2D eigenvalue weighted by Crippen LogP contribution is -2.36. The summed E-state index contributed by atoms with van der Waals surface area (Å²) in [5.74, 6) is 1.03. The summed E-state index contributed by atoms with van der Waals surface area (Å²) in [5, 5.41) is 12.1. The first-order chi connectivity index (χ1) is 5.61. The van der Waals surface area contributed by atoms with Gasteiger partial charge in [-0.25, -0.2) is 0 Å². The normalized spacial score (nSPS) is 15.7. The van der Waals surface area contributed by atoms with E-state index in [2.05, 4.69) is 5.32 Å². The summed E-state index contributed by atoms with van der Waals surface area (Å²) in [7, 11) is 1.69. The highest BCUT2D eigenvalue weighted by molar-refractivity contribution is 7.99. The van der Waals surface area contributed by atoms with Crippen molar-refractivity contribution in [2.45, 2.75) is 31.7 Å². The minimum atomic E-state index is -0.584. The molecular weight excluding hydrogens is 174 g/mol. The molecule has 3 nitrogen and oxygen atoms in total. The van der Waals surface area contributed by atoms with E-state index in [9.17, 15) is 9.90 Å². The zero-order valence-corrected chi connectivity index (χ0v) is 8.65. The fourth-order valence-electron chi connectivity index (χ4n) is 0.945. The number of carbonyl (C=O) groups is 1. The van der Waals surface area contributed by atoms with Crippen molar-refractivity contribution in [1.29, 1.82) is 0 Å². The van der Waals surface area contributed by atoms with Crippen LogP contribution in [0.3, 0.4) is 0 Å². The summed E-state index contributed by atoms with van der Waals surface area (Å²) < 4.78 is 0. The third kappa shape index (κ3) is 4.74. The lowest BCUT2D eigenvalue weighted by molar-refractivity contribution is -0.117. The highest BCUT2D eigenvalue weighted by atomic mass is 32.2. The van der Waals surface area contributed by atoms with Gasteiger partial charge in [0.15, 0.2) is 0 Å². The SMILES string of the molecule is CCSC(CC(C)=O)C(O)NC. The van der Waals surface area contributed by atoms with Gasteiger partial charge in [-0.1, -0.05) is 6.92 Å². The van der Waals surface area contributed by atoms with Gasteiger partial charge in [0.05, 0.1) is 5.25 Å². The van der Waals surface area contributed by atoms with Crippen molar-refractivity contribution in [3.05, 3.63) is 0 Å². The van der Waals surface area contributed by atoms with Crippen LogP contribution in [-0.4, -0.2) is 35.2 Å². The van der Waals surface area contributed by atoms with Gasteiger partial charge in [0.2, 0.25) is 0 Å². The fourth-order valence-corrected chi connectivity index (χ4v) is 2.04. The van der Waals surface area contributed by atoms with Crippen molar-refractivity contribution in [2.75, 3.05) is 12.8 Å². The second-order valence-electron chi connectivity index (χ2n) is 2.63. The molecular formula is C8H17NO2S. The number of nitrogens with one attached hydrogen (secondary N) is 1. The quantitative estimate of drug-likeness (QED) is 0.604. The van der Waals surface area contributed by atoms with Crippen molar-refractivity contribution < 1.29 is 9.90 Å². The monoisotopic (exact) mass is 191 g/mol. The number of aliphatic hydroxyl groups is 1. The number of hydrogen-bond donors (Lipinski definition) is 2. The molecule has 0 radical (unpaired) electrons. The van der Waals surface area contributed by atoms with Crippen LogP contribution in [0.15, 0.2) is 0 Å². The van der Waals surface area contributed by atoms with Crippen molar-refractivity contribution in [3.63, 3.8) is 0 Å². The first kappa shape index (κ1) is 11.9. The van der Waals surface area contributed by atoms with Gasteiger partial charge < -0.3 is 5.11 Å². The first-order valence-corrected chi connectivity index (χ1v) is 5.13. The van der Waals surface area contributed by atoms with Crippen LogP contribution < -0.4 is 5.32 Å². The highest BCUT2D eigenvalue weighted by Crippen LogP contribution is 2.17. The number of ketones is 1. The Morgan fingerprint density at radius 1 is 1.67 bits per heavy atom. The Hall–Kier alpha value is -0.0600. The van der Waals surface area contributed by atoms with Crippen LogP contribution in [0.4, 0.5) is 0 Å². The molecule has 0 aromatic heterocycles. The Kier molecular flexibility index (Phi) is 6.42. The van der Waals surface area contributed by atoms with E-state index < -0.39 is 6.23 Å². The molecule has 0 bridgehead atoms. The molecule has 0 saturated heterocycles. The van der Waals surface area contributed by atoms with Crippen LogP contribution in [0.25, 0.3) is 0 Å². The van der Waals surface area contributed by atoms with Crippen LogP contribution in [0.1, 0.15) is 20.3 Å². The molecule has 0 aromatic rings. The molecule has 0 aliphatic carbocycles. The lowest BCUT2D eigenvalue weighted by Gasteiger charge is -2.19. The molecule has 0 saturated carbocycles. The fraction of sp³-hybridized carbons (Fsp3) is 0.875. The van der Waals surface area contributed by atoms with Gasteiger partial charge in [-0.2, -0.15) is 11.8 Å². The molecule has 0 heterocycles. The molecule has 4 heteroatoms. The van der Waals surface area contributed by atoms with Crippen LogP contribution in [0.2, 0.25) is 0 Å². The summed E-state index contributed by atoms with van der Waals surface area (Å²) in [6, 6.07) is 0. The Morgan fingerprint density at radius 2 is 2.25 bits per heavy atom. The van der Waals surface area contributed by atoms with Crippen molar-refractivity contribution in [2.24, 2.45) is 0 Å². The molecule has 0 fully saturated rings. The third-order valence-electron chi connectivity index (χ3n) is 1.52. The largest absolute Gasteiger partial charge is 0.377 e. The molecule has 2 atom stereocenters. The molecule has 12 heavy (non-hydrogen) atoms. The Bertz CT molecular complexity index is 141. The molecule has 0 rings (SSSR count). The maximum atomic E-state index is 10.8. The van der Waals surface area contributed by atoms with Gasteiger partial charge in [-0.3, -0.25) is 10.1 Å². The summed E-state index contributed by atoms with van der Waals surface area (Å²) in [6.45, 7) is 3.56. The van der Waals surface area contributed by atoms with Crippen LogP contribution in [0, 0.1) is 0 Å². The highest BCUT2D eigenvalue weighted by Gasteiger charge is 2.18. The topological polar surface area (TPSA) is 49.3 Å². The molecule has 2 N–H and O–H groups in total. The minimum Gasteiger partial charge on any atom is -0.377 e. The summed E-state index contributed by atoms with van der Waals surface area (Å²) in [5.41, 5.74) is 0. The van der Waals surface area contributed by atoms with Gasteiger partial charge in [0, 0.05) is 6.42 Å². The molecule has 72 valence electrons. The maximum Gasteiger partial charge on any atom is 0.131 e. The Labute approximate surface area is 77.9 Å². The Balaban J connectivity index is 3.93. The molecule has 0 aromatic carbocycles. The average Bonchev–Trinajstić information content (AvgIpc) is 2.01. The predicted octanol–water partition coefficient (Wildman–Crippen LogP) is 0.625. The van der Waals surface area contributed by atoms with Gasteiger partial charge in [-0.15, -0.1) is 0 Å². The molecule has 2 unspecified atom stereocenters.